The highest BCUT2D eigenvalue weighted by Crippen LogP contribution is 2.06. The van der Waals surface area contributed by atoms with E-state index < -0.39 is 0 Å². The van der Waals surface area contributed by atoms with Gasteiger partial charge in [0.1, 0.15) is 0 Å². The highest BCUT2D eigenvalue weighted by molar-refractivity contribution is 5.74. The van der Waals surface area contributed by atoms with E-state index in [1.165, 1.54) is 0 Å². The summed E-state index contributed by atoms with van der Waals surface area (Å²) in [6, 6.07) is 3.64. The average Bonchev–Trinajstić information content (AvgIpc) is 2.27. The van der Waals surface area contributed by atoms with Crippen LogP contribution in [-0.2, 0) is 6.54 Å². The van der Waals surface area contributed by atoms with Gasteiger partial charge in [0.15, 0.2) is 0 Å². The van der Waals surface area contributed by atoms with Gasteiger partial charge in [-0.25, -0.2) is 4.79 Å². The minimum atomic E-state index is -0.168. The van der Waals surface area contributed by atoms with E-state index in [1.54, 1.807) is 12.4 Å². The second-order valence-electron chi connectivity index (χ2n) is 4.41. The SMILES string of the molecule is CCC(C)(C)NC(=O)NCc1cccnc1. The van der Waals surface area contributed by atoms with Gasteiger partial charge < -0.3 is 10.6 Å². The van der Waals surface area contributed by atoms with Gasteiger partial charge in [0.25, 0.3) is 0 Å². The van der Waals surface area contributed by atoms with Crippen LogP contribution in [-0.4, -0.2) is 16.6 Å². The van der Waals surface area contributed by atoms with E-state index in [0.717, 1.165) is 12.0 Å². The van der Waals surface area contributed by atoms with Gasteiger partial charge in [-0.1, -0.05) is 13.0 Å². The minimum absolute atomic E-state index is 0.143. The Labute approximate surface area is 96.5 Å². The third-order valence-corrected chi connectivity index (χ3v) is 2.51. The number of pyridine rings is 1. The normalized spacial score (nSPS) is 10.9. The van der Waals surface area contributed by atoms with Crippen LogP contribution in [0.1, 0.15) is 32.8 Å². The molecule has 0 radical (unpaired) electrons. The van der Waals surface area contributed by atoms with Gasteiger partial charge in [0.05, 0.1) is 0 Å². The molecule has 1 rings (SSSR count). The Kier molecular flexibility index (Phi) is 4.28. The summed E-state index contributed by atoms with van der Waals surface area (Å²) in [6.45, 7) is 6.54. The van der Waals surface area contributed by atoms with Crippen molar-refractivity contribution in [3.05, 3.63) is 30.1 Å². The lowest BCUT2D eigenvalue weighted by atomic mass is 10.0. The van der Waals surface area contributed by atoms with Crippen molar-refractivity contribution < 1.29 is 4.79 Å². The van der Waals surface area contributed by atoms with Crippen molar-refractivity contribution >= 4 is 6.03 Å². The van der Waals surface area contributed by atoms with E-state index in [9.17, 15) is 4.79 Å². The second kappa shape index (κ2) is 5.49. The largest absolute Gasteiger partial charge is 0.334 e. The van der Waals surface area contributed by atoms with Gasteiger partial charge in [-0.05, 0) is 31.9 Å². The smallest absolute Gasteiger partial charge is 0.315 e. The Balaban J connectivity index is 2.36. The molecule has 0 aliphatic rings. The molecule has 1 aromatic rings. The Bertz CT molecular complexity index is 335. The molecular formula is C12H19N3O. The van der Waals surface area contributed by atoms with Crippen molar-refractivity contribution in [3.63, 3.8) is 0 Å². The van der Waals surface area contributed by atoms with Crippen LogP contribution in [0.5, 0.6) is 0 Å². The summed E-state index contributed by atoms with van der Waals surface area (Å²) in [5.74, 6) is 0. The molecule has 1 heterocycles. The number of nitrogens with zero attached hydrogens (tertiary/aromatic N) is 1. The maximum atomic E-state index is 11.5. The molecule has 0 unspecified atom stereocenters. The lowest BCUT2D eigenvalue weighted by Gasteiger charge is -2.24. The molecule has 0 aromatic carbocycles. The van der Waals surface area contributed by atoms with Crippen LogP contribution in [0.25, 0.3) is 0 Å². The third kappa shape index (κ3) is 4.29. The molecule has 0 saturated carbocycles. The van der Waals surface area contributed by atoms with Crippen molar-refractivity contribution in [2.45, 2.75) is 39.3 Å². The number of urea groups is 1. The van der Waals surface area contributed by atoms with Crippen LogP contribution in [0.4, 0.5) is 4.79 Å². The van der Waals surface area contributed by atoms with Crippen molar-refractivity contribution in [3.8, 4) is 0 Å². The predicted octanol–water partition coefficient (Wildman–Crippen LogP) is 2.07. The fraction of sp³-hybridized carbons (Fsp3) is 0.500. The van der Waals surface area contributed by atoms with Crippen LogP contribution >= 0.6 is 0 Å². The second-order valence-corrected chi connectivity index (χ2v) is 4.41. The molecule has 0 saturated heterocycles. The van der Waals surface area contributed by atoms with Crippen molar-refractivity contribution in [1.29, 1.82) is 0 Å². The molecule has 2 N–H and O–H groups in total. The minimum Gasteiger partial charge on any atom is -0.334 e. The zero-order valence-electron chi connectivity index (χ0n) is 10.1. The summed E-state index contributed by atoms with van der Waals surface area (Å²) in [6.07, 6.45) is 4.35. The monoisotopic (exact) mass is 221 g/mol. The Hall–Kier alpha value is -1.58. The zero-order chi connectivity index (χ0) is 12.0. The fourth-order valence-corrected chi connectivity index (χ4v) is 1.12. The molecule has 2 amide bonds. The standard InChI is InChI=1S/C12H19N3O/c1-4-12(2,3)15-11(16)14-9-10-6-5-7-13-8-10/h5-8H,4,9H2,1-3H3,(H2,14,15,16). The molecule has 1 aromatic heterocycles. The first-order chi connectivity index (χ1) is 7.53. The first kappa shape index (κ1) is 12.5. The highest BCUT2D eigenvalue weighted by Gasteiger charge is 2.17. The van der Waals surface area contributed by atoms with E-state index in [0.29, 0.717) is 6.54 Å². The number of rotatable bonds is 4. The molecule has 88 valence electrons. The third-order valence-electron chi connectivity index (χ3n) is 2.51. The summed E-state index contributed by atoms with van der Waals surface area (Å²) >= 11 is 0. The number of amides is 2. The molecule has 16 heavy (non-hydrogen) atoms. The van der Waals surface area contributed by atoms with E-state index in [4.69, 9.17) is 0 Å². The lowest BCUT2D eigenvalue weighted by molar-refractivity contribution is 0.228. The van der Waals surface area contributed by atoms with E-state index >= 15 is 0 Å². The molecule has 0 spiro atoms. The summed E-state index contributed by atoms with van der Waals surface area (Å²) in [4.78, 5) is 15.5. The molecule has 0 aliphatic heterocycles. The van der Waals surface area contributed by atoms with Crippen molar-refractivity contribution in [2.75, 3.05) is 0 Å². The predicted molar refractivity (Wildman–Crippen MR) is 64.0 cm³/mol. The molecule has 0 aliphatic carbocycles. The van der Waals surface area contributed by atoms with Gasteiger partial charge in [0, 0.05) is 24.5 Å². The number of carbonyl (C=O) groups excluding carboxylic acids is 1. The first-order valence-electron chi connectivity index (χ1n) is 5.48. The number of aromatic nitrogens is 1. The van der Waals surface area contributed by atoms with Crippen molar-refractivity contribution in [2.24, 2.45) is 0 Å². The quantitative estimate of drug-likeness (QED) is 0.817. The average molecular weight is 221 g/mol. The topological polar surface area (TPSA) is 54.0 Å². The van der Waals surface area contributed by atoms with Crippen LogP contribution in [0.3, 0.4) is 0 Å². The molecule has 0 bridgehead atoms. The van der Waals surface area contributed by atoms with E-state index in [1.807, 2.05) is 32.9 Å². The number of nitrogens with one attached hydrogen (secondary N) is 2. The molecule has 4 heteroatoms. The highest BCUT2D eigenvalue weighted by atomic mass is 16.2. The molecule has 0 atom stereocenters. The summed E-state index contributed by atoms with van der Waals surface area (Å²) in [7, 11) is 0. The van der Waals surface area contributed by atoms with Crippen LogP contribution in [0, 0.1) is 0 Å². The molecule has 0 fully saturated rings. The van der Waals surface area contributed by atoms with E-state index in [2.05, 4.69) is 15.6 Å². The maximum absolute atomic E-state index is 11.5. The van der Waals surface area contributed by atoms with Crippen molar-refractivity contribution in [1.82, 2.24) is 15.6 Å². The number of hydrogen-bond acceptors (Lipinski definition) is 2. The van der Waals surface area contributed by atoms with Crippen LogP contribution < -0.4 is 10.6 Å². The van der Waals surface area contributed by atoms with Crippen LogP contribution in [0.2, 0.25) is 0 Å². The van der Waals surface area contributed by atoms with Gasteiger partial charge >= 0.3 is 6.03 Å². The summed E-state index contributed by atoms with van der Waals surface area (Å²) in [5.41, 5.74) is 0.825. The van der Waals surface area contributed by atoms with Gasteiger partial charge in [-0.3, -0.25) is 4.98 Å². The van der Waals surface area contributed by atoms with E-state index in [-0.39, 0.29) is 11.6 Å². The van der Waals surface area contributed by atoms with Crippen LogP contribution in [0.15, 0.2) is 24.5 Å². The molecule has 4 nitrogen and oxygen atoms in total. The number of hydrogen-bond donors (Lipinski definition) is 2. The Morgan fingerprint density at radius 2 is 2.25 bits per heavy atom. The first-order valence-corrected chi connectivity index (χ1v) is 5.48. The maximum Gasteiger partial charge on any atom is 0.315 e. The summed E-state index contributed by atoms with van der Waals surface area (Å²) in [5, 5.41) is 5.71. The Morgan fingerprint density at radius 3 is 2.81 bits per heavy atom. The zero-order valence-corrected chi connectivity index (χ0v) is 10.1. The van der Waals surface area contributed by atoms with Gasteiger partial charge in [-0.15, -0.1) is 0 Å². The molecular weight excluding hydrogens is 202 g/mol. The fourth-order valence-electron chi connectivity index (χ4n) is 1.12. The summed E-state index contributed by atoms with van der Waals surface area (Å²) < 4.78 is 0. The lowest BCUT2D eigenvalue weighted by Crippen LogP contribution is -2.47. The van der Waals surface area contributed by atoms with Gasteiger partial charge in [-0.2, -0.15) is 0 Å². The Morgan fingerprint density at radius 1 is 1.50 bits per heavy atom. The van der Waals surface area contributed by atoms with Gasteiger partial charge in [0.2, 0.25) is 0 Å². The number of carbonyl (C=O) groups is 1.